The van der Waals surface area contributed by atoms with Crippen LogP contribution in [0.15, 0.2) is 39.9 Å². The fraction of sp³-hybridized carbons (Fsp3) is 0.278. The maximum absolute atomic E-state index is 12.7. The summed E-state index contributed by atoms with van der Waals surface area (Å²) in [4.78, 5) is 30.6. The second kappa shape index (κ2) is 6.38. The maximum Gasteiger partial charge on any atom is 0.271 e. The Labute approximate surface area is 156 Å². The highest BCUT2D eigenvalue weighted by molar-refractivity contribution is 9.10. The van der Waals surface area contributed by atoms with Crippen molar-refractivity contribution >= 4 is 43.4 Å². The Kier molecular flexibility index (Phi) is 4.21. The van der Waals surface area contributed by atoms with Crippen LogP contribution in [0.5, 0.6) is 0 Å². The normalized spacial score (nSPS) is 14.0. The van der Waals surface area contributed by atoms with Crippen molar-refractivity contribution in [1.29, 1.82) is 0 Å². The van der Waals surface area contributed by atoms with Gasteiger partial charge in [-0.25, -0.2) is 4.98 Å². The molecule has 0 atom stereocenters. The SMILES string of the molecule is Cc1sc2c(=O)n(C3CC3)cnc2c1C(=O)NCc1ccccc1Br. The molecule has 2 heterocycles. The van der Waals surface area contributed by atoms with Gasteiger partial charge in [0.1, 0.15) is 10.2 Å². The van der Waals surface area contributed by atoms with Crippen LogP contribution in [0.2, 0.25) is 0 Å². The maximum atomic E-state index is 12.7. The minimum Gasteiger partial charge on any atom is -0.348 e. The zero-order valence-corrected chi connectivity index (χ0v) is 16.0. The number of aryl methyl sites for hydroxylation is 1. The van der Waals surface area contributed by atoms with E-state index in [0.717, 1.165) is 27.8 Å². The van der Waals surface area contributed by atoms with Crippen LogP contribution in [0, 0.1) is 6.92 Å². The van der Waals surface area contributed by atoms with Crippen LogP contribution >= 0.6 is 27.3 Å². The van der Waals surface area contributed by atoms with Gasteiger partial charge in [-0.15, -0.1) is 11.3 Å². The lowest BCUT2D eigenvalue weighted by atomic mass is 10.2. The zero-order chi connectivity index (χ0) is 17.6. The molecular weight excluding hydrogens is 402 g/mol. The van der Waals surface area contributed by atoms with Gasteiger partial charge in [0.05, 0.1) is 11.9 Å². The summed E-state index contributed by atoms with van der Waals surface area (Å²) < 4.78 is 3.21. The van der Waals surface area contributed by atoms with E-state index in [9.17, 15) is 9.59 Å². The summed E-state index contributed by atoms with van der Waals surface area (Å²) in [6.07, 6.45) is 3.63. The lowest BCUT2D eigenvalue weighted by Crippen LogP contribution is -2.24. The molecule has 1 aliphatic rings. The van der Waals surface area contributed by atoms with Gasteiger partial charge in [0.2, 0.25) is 0 Å². The summed E-state index contributed by atoms with van der Waals surface area (Å²) in [5.74, 6) is -0.199. The molecule has 1 amide bonds. The largest absolute Gasteiger partial charge is 0.348 e. The van der Waals surface area contributed by atoms with Crippen molar-refractivity contribution in [2.75, 3.05) is 0 Å². The number of benzene rings is 1. The average molecular weight is 418 g/mol. The number of nitrogens with zero attached hydrogens (tertiary/aromatic N) is 2. The predicted octanol–water partition coefficient (Wildman–Crippen LogP) is 3.79. The molecule has 5 nitrogen and oxygen atoms in total. The third kappa shape index (κ3) is 3.02. The van der Waals surface area contributed by atoms with E-state index in [-0.39, 0.29) is 17.5 Å². The Morgan fingerprint density at radius 1 is 1.40 bits per heavy atom. The first-order valence-corrected chi connectivity index (χ1v) is 9.69. The van der Waals surface area contributed by atoms with Crippen LogP contribution in [0.3, 0.4) is 0 Å². The fourth-order valence-electron chi connectivity index (χ4n) is 2.88. The van der Waals surface area contributed by atoms with Crippen LogP contribution in [-0.4, -0.2) is 15.5 Å². The predicted molar refractivity (Wildman–Crippen MR) is 102 cm³/mol. The molecule has 1 fully saturated rings. The highest BCUT2D eigenvalue weighted by atomic mass is 79.9. The highest BCUT2D eigenvalue weighted by Crippen LogP contribution is 2.34. The molecule has 7 heteroatoms. The van der Waals surface area contributed by atoms with Gasteiger partial charge < -0.3 is 5.32 Å². The second-order valence-electron chi connectivity index (χ2n) is 6.17. The summed E-state index contributed by atoms with van der Waals surface area (Å²) >= 11 is 4.83. The number of carbonyl (C=O) groups is 1. The van der Waals surface area contributed by atoms with Crippen molar-refractivity contribution in [3.05, 3.63) is 61.4 Å². The minimum absolute atomic E-state index is 0.0366. The molecule has 0 bridgehead atoms. The minimum atomic E-state index is -0.199. The van der Waals surface area contributed by atoms with Gasteiger partial charge in [0.25, 0.3) is 11.5 Å². The van der Waals surface area contributed by atoms with Crippen molar-refractivity contribution in [2.24, 2.45) is 0 Å². The quantitative estimate of drug-likeness (QED) is 0.701. The van der Waals surface area contributed by atoms with Gasteiger partial charge in [0.15, 0.2) is 0 Å². The summed E-state index contributed by atoms with van der Waals surface area (Å²) in [6.45, 7) is 2.27. The van der Waals surface area contributed by atoms with Crippen LogP contribution in [0.1, 0.15) is 39.7 Å². The molecule has 0 aliphatic heterocycles. The van der Waals surface area contributed by atoms with E-state index in [1.165, 1.54) is 11.3 Å². The molecule has 1 aliphatic carbocycles. The summed E-state index contributed by atoms with van der Waals surface area (Å²) in [5, 5.41) is 2.93. The summed E-state index contributed by atoms with van der Waals surface area (Å²) in [5.41, 5.74) is 1.98. The molecule has 25 heavy (non-hydrogen) atoms. The molecule has 0 spiro atoms. The molecular formula is C18H16BrN3O2S. The van der Waals surface area contributed by atoms with Crippen LogP contribution < -0.4 is 10.9 Å². The number of amides is 1. The van der Waals surface area contributed by atoms with E-state index in [1.54, 1.807) is 10.9 Å². The molecule has 1 aromatic carbocycles. The van der Waals surface area contributed by atoms with Gasteiger partial charge in [-0.05, 0) is 31.4 Å². The number of fused-ring (bicyclic) bond motifs is 1. The third-order valence-electron chi connectivity index (χ3n) is 4.36. The van der Waals surface area contributed by atoms with Crippen molar-refractivity contribution < 1.29 is 4.79 Å². The standard InChI is InChI=1S/C18H16BrN3O2S/c1-10-14(17(23)20-8-11-4-2-3-5-13(11)19)15-16(25-10)18(24)22(9-21-15)12-6-7-12/h2-5,9,12H,6-8H2,1H3,(H,20,23). The molecule has 0 saturated heterocycles. The van der Waals surface area contributed by atoms with E-state index in [1.807, 2.05) is 31.2 Å². The number of halogens is 1. The topological polar surface area (TPSA) is 64.0 Å². The summed E-state index contributed by atoms with van der Waals surface area (Å²) in [6, 6.07) is 8.03. The van der Waals surface area contributed by atoms with Gasteiger partial charge in [-0.1, -0.05) is 34.1 Å². The van der Waals surface area contributed by atoms with E-state index >= 15 is 0 Å². The molecule has 4 rings (SSSR count). The molecule has 128 valence electrons. The summed E-state index contributed by atoms with van der Waals surface area (Å²) in [7, 11) is 0. The van der Waals surface area contributed by atoms with Crippen molar-refractivity contribution in [2.45, 2.75) is 32.4 Å². The molecule has 2 aromatic heterocycles. The van der Waals surface area contributed by atoms with Crippen LogP contribution in [-0.2, 0) is 6.54 Å². The monoisotopic (exact) mass is 417 g/mol. The Morgan fingerprint density at radius 3 is 2.88 bits per heavy atom. The average Bonchev–Trinajstić information content (AvgIpc) is 3.37. The highest BCUT2D eigenvalue weighted by Gasteiger charge is 2.27. The van der Waals surface area contributed by atoms with Crippen LogP contribution in [0.4, 0.5) is 0 Å². The Hall–Kier alpha value is -1.99. The molecule has 1 saturated carbocycles. The van der Waals surface area contributed by atoms with Gasteiger partial charge in [-0.2, -0.15) is 0 Å². The number of hydrogen-bond donors (Lipinski definition) is 1. The van der Waals surface area contributed by atoms with Gasteiger partial charge >= 0.3 is 0 Å². The number of rotatable bonds is 4. The number of aromatic nitrogens is 2. The van der Waals surface area contributed by atoms with Gasteiger partial charge in [0, 0.05) is 21.9 Å². The van der Waals surface area contributed by atoms with Crippen LogP contribution in [0.25, 0.3) is 10.2 Å². The first-order valence-electron chi connectivity index (χ1n) is 8.08. The molecule has 1 N–H and O–H groups in total. The lowest BCUT2D eigenvalue weighted by Gasteiger charge is -2.07. The number of nitrogens with one attached hydrogen (secondary N) is 1. The number of hydrogen-bond acceptors (Lipinski definition) is 4. The number of thiophene rings is 1. The lowest BCUT2D eigenvalue weighted by molar-refractivity contribution is 0.0952. The molecule has 0 radical (unpaired) electrons. The van der Waals surface area contributed by atoms with E-state index in [0.29, 0.717) is 22.3 Å². The zero-order valence-electron chi connectivity index (χ0n) is 13.6. The smallest absolute Gasteiger partial charge is 0.271 e. The Balaban J connectivity index is 1.65. The third-order valence-corrected chi connectivity index (χ3v) is 6.22. The van der Waals surface area contributed by atoms with E-state index in [4.69, 9.17) is 0 Å². The first-order chi connectivity index (χ1) is 12.1. The Bertz CT molecular complexity index is 1040. The molecule has 0 unspecified atom stereocenters. The first kappa shape index (κ1) is 16.5. The Morgan fingerprint density at radius 2 is 2.16 bits per heavy atom. The van der Waals surface area contributed by atoms with Crippen molar-refractivity contribution in [3.63, 3.8) is 0 Å². The van der Waals surface area contributed by atoms with Gasteiger partial charge in [-0.3, -0.25) is 14.2 Å². The molecule has 3 aromatic rings. The van der Waals surface area contributed by atoms with Crippen molar-refractivity contribution in [1.82, 2.24) is 14.9 Å². The van der Waals surface area contributed by atoms with E-state index in [2.05, 4.69) is 26.2 Å². The second-order valence-corrected chi connectivity index (χ2v) is 8.25. The fourth-order valence-corrected chi connectivity index (χ4v) is 4.34. The number of carbonyl (C=O) groups excluding carboxylic acids is 1. The van der Waals surface area contributed by atoms with E-state index < -0.39 is 0 Å². The van der Waals surface area contributed by atoms with Crippen molar-refractivity contribution in [3.8, 4) is 0 Å².